The lowest BCUT2D eigenvalue weighted by molar-refractivity contribution is -0.120. The van der Waals surface area contributed by atoms with E-state index in [4.69, 9.17) is 4.42 Å². The summed E-state index contributed by atoms with van der Waals surface area (Å²) in [5.74, 6) is 0.775. The molecule has 0 spiro atoms. The number of thioether (sulfide) groups is 1. The van der Waals surface area contributed by atoms with Crippen molar-refractivity contribution in [2.75, 3.05) is 6.54 Å². The summed E-state index contributed by atoms with van der Waals surface area (Å²) in [6.07, 6.45) is 0.972. The van der Waals surface area contributed by atoms with Gasteiger partial charge in [-0.2, -0.15) is 0 Å². The number of carbonyl (C=O) groups excluding carboxylic acids is 1. The molecule has 0 saturated heterocycles. The van der Waals surface area contributed by atoms with Crippen molar-refractivity contribution in [3.05, 3.63) is 53.4 Å². The molecule has 0 aliphatic heterocycles. The van der Waals surface area contributed by atoms with E-state index in [1.165, 1.54) is 17.3 Å². The predicted molar refractivity (Wildman–Crippen MR) is 105 cm³/mol. The third-order valence-electron chi connectivity index (χ3n) is 4.07. The Hall–Kier alpha value is -2.12. The number of carbonyl (C=O) groups is 1. The van der Waals surface area contributed by atoms with Crippen molar-refractivity contribution in [3.8, 4) is 10.8 Å². The van der Waals surface area contributed by atoms with E-state index in [2.05, 4.69) is 34.6 Å². The van der Waals surface area contributed by atoms with E-state index >= 15 is 0 Å². The largest absolute Gasteiger partial charge is 0.410 e. The standard InChI is InChI=1S/C19H21N3O2S2/c1-3-14(15-8-5-4-6-9-15)12-20-17(23)13(2)26-19-22-21-18(24-19)16-10-7-11-25-16/h4-11,13-14H,3,12H2,1-2H3,(H,20,23)/t13-,14-/m0/s1. The molecule has 0 bridgehead atoms. The molecule has 136 valence electrons. The van der Waals surface area contributed by atoms with Gasteiger partial charge in [0.25, 0.3) is 11.1 Å². The Kier molecular flexibility index (Phi) is 6.46. The van der Waals surface area contributed by atoms with Gasteiger partial charge in [-0.3, -0.25) is 4.79 Å². The number of rotatable bonds is 8. The molecule has 1 N–H and O–H groups in total. The van der Waals surface area contributed by atoms with E-state index in [-0.39, 0.29) is 11.2 Å². The summed E-state index contributed by atoms with van der Waals surface area (Å²) in [6, 6.07) is 14.1. The van der Waals surface area contributed by atoms with Gasteiger partial charge in [0.2, 0.25) is 5.91 Å². The van der Waals surface area contributed by atoms with Crippen LogP contribution in [0.4, 0.5) is 0 Å². The van der Waals surface area contributed by atoms with E-state index < -0.39 is 0 Å². The molecule has 3 aromatic rings. The first-order valence-corrected chi connectivity index (χ1v) is 10.3. The lowest BCUT2D eigenvalue weighted by Crippen LogP contribution is -2.34. The second kappa shape index (κ2) is 9.00. The number of amides is 1. The van der Waals surface area contributed by atoms with Crippen LogP contribution in [0.25, 0.3) is 10.8 Å². The molecule has 2 heterocycles. The van der Waals surface area contributed by atoms with E-state index in [1.54, 1.807) is 11.3 Å². The first-order chi connectivity index (χ1) is 12.7. The van der Waals surface area contributed by atoms with Gasteiger partial charge >= 0.3 is 0 Å². The fourth-order valence-corrected chi connectivity index (χ4v) is 3.90. The second-order valence-electron chi connectivity index (χ2n) is 5.87. The van der Waals surface area contributed by atoms with Crippen LogP contribution in [0.1, 0.15) is 31.7 Å². The molecule has 5 nitrogen and oxygen atoms in total. The van der Waals surface area contributed by atoms with Gasteiger partial charge in [0.05, 0.1) is 10.1 Å². The first kappa shape index (κ1) is 18.7. The van der Waals surface area contributed by atoms with Crippen LogP contribution in [0, 0.1) is 0 Å². The molecule has 0 aliphatic rings. The normalized spacial score (nSPS) is 13.3. The summed E-state index contributed by atoms with van der Waals surface area (Å²) >= 11 is 2.82. The summed E-state index contributed by atoms with van der Waals surface area (Å²) in [6.45, 7) is 4.60. The molecule has 0 aliphatic carbocycles. The van der Waals surface area contributed by atoms with E-state index in [0.717, 1.165) is 11.3 Å². The zero-order valence-corrected chi connectivity index (χ0v) is 16.3. The average molecular weight is 388 g/mol. The molecule has 0 unspecified atom stereocenters. The van der Waals surface area contributed by atoms with Crippen LogP contribution in [-0.2, 0) is 4.79 Å². The quantitative estimate of drug-likeness (QED) is 0.573. The van der Waals surface area contributed by atoms with E-state index in [9.17, 15) is 4.79 Å². The van der Waals surface area contributed by atoms with Crippen molar-refractivity contribution in [1.82, 2.24) is 15.5 Å². The Morgan fingerprint density at radius 2 is 2.04 bits per heavy atom. The SMILES string of the molecule is CC[C@@H](CNC(=O)[C@H](C)Sc1nnc(-c2cccs2)o1)c1ccccc1. The van der Waals surface area contributed by atoms with E-state index in [0.29, 0.717) is 23.6 Å². The highest BCUT2D eigenvalue weighted by atomic mass is 32.2. The van der Waals surface area contributed by atoms with Gasteiger partial charge in [0.15, 0.2) is 0 Å². The average Bonchev–Trinajstić information content (AvgIpc) is 3.34. The van der Waals surface area contributed by atoms with Gasteiger partial charge in [-0.05, 0) is 30.4 Å². The van der Waals surface area contributed by atoms with Crippen molar-refractivity contribution in [2.45, 2.75) is 36.7 Å². The molecule has 2 aromatic heterocycles. The monoisotopic (exact) mass is 387 g/mol. The Balaban J connectivity index is 1.53. The minimum atomic E-state index is -0.306. The minimum Gasteiger partial charge on any atom is -0.410 e. The zero-order valence-electron chi connectivity index (χ0n) is 14.7. The molecular formula is C19H21N3O2S2. The van der Waals surface area contributed by atoms with Gasteiger partial charge in [-0.1, -0.05) is 55.1 Å². The van der Waals surface area contributed by atoms with Crippen LogP contribution < -0.4 is 5.32 Å². The van der Waals surface area contributed by atoms with Crippen LogP contribution in [0.3, 0.4) is 0 Å². The molecule has 26 heavy (non-hydrogen) atoms. The van der Waals surface area contributed by atoms with Gasteiger partial charge in [0, 0.05) is 12.5 Å². The van der Waals surface area contributed by atoms with Crippen LogP contribution >= 0.6 is 23.1 Å². The zero-order chi connectivity index (χ0) is 18.4. The van der Waals surface area contributed by atoms with Crippen LogP contribution in [0.2, 0.25) is 0 Å². The Morgan fingerprint density at radius 3 is 2.73 bits per heavy atom. The van der Waals surface area contributed by atoms with Crippen molar-refractivity contribution >= 4 is 29.0 Å². The minimum absolute atomic E-state index is 0.0275. The fourth-order valence-electron chi connectivity index (χ4n) is 2.55. The van der Waals surface area contributed by atoms with E-state index in [1.807, 2.05) is 42.6 Å². The molecule has 3 rings (SSSR count). The molecule has 1 aromatic carbocycles. The number of aromatic nitrogens is 2. The Bertz CT molecular complexity index is 818. The molecule has 2 atom stereocenters. The molecule has 0 fully saturated rings. The maximum absolute atomic E-state index is 12.4. The maximum atomic E-state index is 12.4. The highest BCUT2D eigenvalue weighted by molar-refractivity contribution is 8.00. The molecule has 0 saturated carbocycles. The number of nitrogens with zero attached hydrogens (tertiary/aromatic N) is 2. The van der Waals surface area contributed by atoms with Crippen LogP contribution in [0.15, 0.2) is 57.5 Å². The van der Waals surface area contributed by atoms with Gasteiger partial charge in [-0.15, -0.1) is 21.5 Å². The first-order valence-electron chi connectivity index (χ1n) is 8.54. The second-order valence-corrected chi connectivity index (χ2v) is 8.11. The number of thiophene rings is 1. The lowest BCUT2D eigenvalue weighted by Gasteiger charge is -2.17. The highest BCUT2D eigenvalue weighted by Crippen LogP contribution is 2.28. The molecular weight excluding hydrogens is 366 g/mol. The highest BCUT2D eigenvalue weighted by Gasteiger charge is 2.20. The maximum Gasteiger partial charge on any atom is 0.277 e. The summed E-state index contributed by atoms with van der Waals surface area (Å²) in [5, 5.41) is 13.2. The van der Waals surface area contributed by atoms with Crippen LogP contribution in [-0.4, -0.2) is 27.9 Å². The smallest absolute Gasteiger partial charge is 0.277 e. The number of nitrogens with one attached hydrogen (secondary N) is 1. The van der Waals surface area contributed by atoms with Crippen molar-refractivity contribution in [1.29, 1.82) is 0 Å². The molecule has 7 heteroatoms. The van der Waals surface area contributed by atoms with Gasteiger partial charge in [-0.25, -0.2) is 0 Å². The molecule has 1 amide bonds. The number of hydrogen-bond acceptors (Lipinski definition) is 6. The third-order valence-corrected chi connectivity index (χ3v) is 5.86. The predicted octanol–water partition coefficient (Wildman–Crippen LogP) is 4.59. The molecule has 0 radical (unpaired) electrons. The van der Waals surface area contributed by atoms with Crippen molar-refractivity contribution < 1.29 is 9.21 Å². The summed E-state index contributed by atoms with van der Waals surface area (Å²) in [5.41, 5.74) is 1.24. The van der Waals surface area contributed by atoms with Gasteiger partial charge in [0.1, 0.15) is 0 Å². The summed E-state index contributed by atoms with van der Waals surface area (Å²) in [7, 11) is 0. The topological polar surface area (TPSA) is 68.0 Å². The third kappa shape index (κ3) is 4.74. The number of benzene rings is 1. The van der Waals surface area contributed by atoms with Gasteiger partial charge < -0.3 is 9.73 Å². The Labute approximate surface area is 161 Å². The van der Waals surface area contributed by atoms with Crippen molar-refractivity contribution in [3.63, 3.8) is 0 Å². The summed E-state index contributed by atoms with van der Waals surface area (Å²) < 4.78 is 5.64. The Morgan fingerprint density at radius 1 is 1.23 bits per heavy atom. The van der Waals surface area contributed by atoms with Crippen molar-refractivity contribution in [2.24, 2.45) is 0 Å². The summed E-state index contributed by atoms with van der Waals surface area (Å²) in [4.78, 5) is 13.3. The fraction of sp³-hybridized carbons (Fsp3) is 0.316. The number of hydrogen-bond donors (Lipinski definition) is 1. The lowest BCUT2D eigenvalue weighted by atomic mass is 9.96. The van der Waals surface area contributed by atoms with Crippen LogP contribution in [0.5, 0.6) is 0 Å².